The molecule has 0 fully saturated rings. The van der Waals surface area contributed by atoms with E-state index in [4.69, 9.17) is 27.9 Å². The van der Waals surface area contributed by atoms with E-state index < -0.39 is 17.7 Å². The van der Waals surface area contributed by atoms with Gasteiger partial charge in [0.2, 0.25) is 0 Å². The van der Waals surface area contributed by atoms with Crippen LogP contribution >= 0.6 is 23.2 Å². The van der Waals surface area contributed by atoms with E-state index in [1.165, 1.54) is 13.2 Å². The highest BCUT2D eigenvalue weighted by atomic mass is 35.5. The third-order valence-electron chi connectivity index (χ3n) is 3.14. The fraction of sp³-hybridized carbons (Fsp3) is 0.200. The molecule has 0 saturated carbocycles. The Balaban J connectivity index is 2.56. The fourth-order valence-corrected chi connectivity index (χ4v) is 2.66. The zero-order chi connectivity index (χ0) is 15.6. The van der Waals surface area contributed by atoms with Crippen LogP contribution in [0, 0.1) is 11.6 Å². The van der Waals surface area contributed by atoms with Crippen LogP contribution in [0.3, 0.4) is 0 Å². The minimum Gasteiger partial charge on any atom is -0.497 e. The van der Waals surface area contributed by atoms with E-state index in [2.05, 4.69) is 5.32 Å². The van der Waals surface area contributed by atoms with E-state index in [-0.39, 0.29) is 11.3 Å². The van der Waals surface area contributed by atoms with Gasteiger partial charge in [-0.25, -0.2) is 8.78 Å². The van der Waals surface area contributed by atoms with Crippen LogP contribution < -0.4 is 10.1 Å². The molecule has 0 heterocycles. The van der Waals surface area contributed by atoms with Gasteiger partial charge in [0.25, 0.3) is 0 Å². The van der Waals surface area contributed by atoms with Gasteiger partial charge in [-0.05, 0) is 24.7 Å². The number of methoxy groups -OCH3 is 1. The summed E-state index contributed by atoms with van der Waals surface area (Å²) in [7, 11) is 2.94. The molecule has 1 unspecified atom stereocenters. The lowest BCUT2D eigenvalue weighted by molar-refractivity contribution is 0.403. The van der Waals surface area contributed by atoms with Crippen molar-refractivity contribution < 1.29 is 13.5 Å². The molecule has 0 amide bonds. The second kappa shape index (κ2) is 6.60. The molecule has 2 aromatic carbocycles. The van der Waals surface area contributed by atoms with Gasteiger partial charge in [-0.2, -0.15) is 0 Å². The van der Waals surface area contributed by atoms with Crippen LogP contribution in [-0.2, 0) is 0 Å². The number of ether oxygens (including phenoxy) is 1. The van der Waals surface area contributed by atoms with Crippen LogP contribution in [0.4, 0.5) is 8.78 Å². The predicted molar refractivity (Wildman–Crippen MR) is 80.3 cm³/mol. The smallest absolute Gasteiger partial charge is 0.134 e. The number of rotatable bonds is 4. The molecule has 112 valence electrons. The van der Waals surface area contributed by atoms with Crippen molar-refractivity contribution in [2.75, 3.05) is 14.2 Å². The van der Waals surface area contributed by atoms with Crippen LogP contribution in [-0.4, -0.2) is 14.2 Å². The van der Waals surface area contributed by atoms with E-state index in [0.29, 0.717) is 15.6 Å². The van der Waals surface area contributed by atoms with Gasteiger partial charge in [0, 0.05) is 27.7 Å². The Morgan fingerprint density at radius 1 is 1.10 bits per heavy atom. The highest BCUT2D eigenvalue weighted by Crippen LogP contribution is 2.34. The molecule has 2 rings (SSSR count). The Hall–Kier alpha value is -1.36. The Morgan fingerprint density at radius 2 is 1.71 bits per heavy atom. The van der Waals surface area contributed by atoms with Gasteiger partial charge in [-0.1, -0.05) is 29.3 Å². The first-order valence-electron chi connectivity index (χ1n) is 6.13. The third-order valence-corrected chi connectivity index (χ3v) is 3.70. The van der Waals surface area contributed by atoms with Crippen molar-refractivity contribution in [1.29, 1.82) is 0 Å². The van der Waals surface area contributed by atoms with Gasteiger partial charge < -0.3 is 10.1 Å². The molecule has 0 spiro atoms. The molecule has 2 aromatic rings. The lowest BCUT2D eigenvalue weighted by Gasteiger charge is -2.20. The summed E-state index contributed by atoms with van der Waals surface area (Å²) in [4.78, 5) is 0. The van der Waals surface area contributed by atoms with Gasteiger partial charge in [0.1, 0.15) is 17.4 Å². The van der Waals surface area contributed by atoms with Crippen molar-refractivity contribution in [3.63, 3.8) is 0 Å². The highest BCUT2D eigenvalue weighted by molar-refractivity contribution is 6.35. The Bertz CT molecular complexity index is 641. The van der Waals surface area contributed by atoms with Gasteiger partial charge in [-0.15, -0.1) is 0 Å². The molecule has 0 aliphatic rings. The first kappa shape index (κ1) is 16.0. The average molecular weight is 332 g/mol. The zero-order valence-corrected chi connectivity index (χ0v) is 12.9. The lowest BCUT2D eigenvalue weighted by atomic mass is 9.97. The maximum atomic E-state index is 14.2. The van der Waals surface area contributed by atoms with Crippen molar-refractivity contribution in [2.45, 2.75) is 6.04 Å². The topological polar surface area (TPSA) is 21.3 Å². The lowest BCUT2D eigenvalue weighted by Crippen LogP contribution is -2.21. The second-order valence-electron chi connectivity index (χ2n) is 4.39. The molecule has 0 saturated heterocycles. The van der Waals surface area contributed by atoms with Crippen molar-refractivity contribution in [3.05, 3.63) is 63.1 Å². The second-order valence-corrected chi connectivity index (χ2v) is 5.24. The van der Waals surface area contributed by atoms with Crippen molar-refractivity contribution in [3.8, 4) is 5.75 Å². The van der Waals surface area contributed by atoms with Crippen molar-refractivity contribution >= 4 is 23.2 Å². The molecule has 0 aliphatic heterocycles. The normalized spacial score (nSPS) is 12.3. The van der Waals surface area contributed by atoms with E-state index >= 15 is 0 Å². The summed E-state index contributed by atoms with van der Waals surface area (Å²) in [5.74, 6) is -1.31. The van der Waals surface area contributed by atoms with Crippen molar-refractivity contribution in [2.24, 2.45) is 0 Å². The van der Waals surface area contributed by atoms with Crippen LogP contribution in [0.2, 0.25) is 10.0 Å². The Kier molecular flexibility index (Phi) is 5.04. The summed E-state index contributed by atoms with van der Waals surface area (Å²) in [5.41, 5.74) is 0.411. The minimum absolute atomic E-state index is 0.116. The molecule has 6 heteroatoms. The van der Waals surface area contributed by atoms with Gasteiger partial charge in [-0.3, -0.25) is 0 Å². The van der Waals surface area contributed by atoms with E-state index in [1.807, 2.05) is 0 Å². The summed E-state index contributed by atoms with van der Waals surface area (Å²) in [6, 6.07) is 6.31. The first-order chi connectivity index (χ1) is 9.97. The molecule has 1 N–H and O–H groups in total. The average Bonchev–Trinajstić information content (AvgIpc) is 2.43. The molecule has 21 heavy (non-hydrogen) atoms. The van der Waals surface area contributed by atoms with Crippen LogP contribution in [0.25, 0.3) is 0 Å². The Morgan fingerprint density at radius 3 is 2.19 bits per heavy atom. The largest absolute Gasteiger partial charge is 0.497 e. The maximum Gasteiger partial charge on any atom is 0.134 e. The molecule has 0 aliphatic carbocycles. The van der Waals surface area contributed by atoms with Crippen LogP contribution in [0.5, 0.6) is 5.75 Å². The maximum absolute atomic E-state index is 14.2. The number of nitrogens with one attached hydrogen (secondary N) is 1. The minimum atomic E-state index is -0.735. The van der Waals surface area contributed by atoms with Crippen LogP contribution in [0.15, 0.2) is 30.3 Å². The summed E-state index contributed by atoms with van der Waals surface area (Å²) >= 11 is 12.0. The predicted octanol–water partition coefficient (Wildman–Crippen LogP) is 4.59. The van der Waals surface area contributed by atoms with Gasteiger partial charge in [0.15, 0.2) is 0 Å². The Labute approximate surface area is 131 Å². The number of benzene rings is 2. The molecular formula is C15H13Cl2F2NO. The molecule has 0 bridgehead atoms. The van der Waals surface area contributed by atoms with E-state index in [9.17, 15) is 8.78 Å². The quantitative estimate of drug-likeness (QED) is 0.884. The SMILES string of the molecule is CNC(c1ccc(Cl)cc1Cl)c1c(F)cc(OC)cc1F. The van der Waals surface area contributed by atoms with E-state index in [1.54, 1.807) is 19.2 Å². The molecule has 0 aromatic heterocycles. The number of halogens is 4. The zero-order valence-electron chi connectivity index (χ0n) is 11.4. The van der Waals surface area contributed by atoms with Crippen molar-refractivity contribution in [1.82, 2.24) is 5.32 Å². The van der Waals surface area contributed by atoms with Gasteiger partial charge in [0.05, 0.1) is 13.2 Å². The van der Waals surface area contributed by atoms with Gasteiger partial charge >= 0.3 is 0 Å². The summed E-state index contributed by atoms with van der Waals surface area (Å²) in [5, 5.41) is 3.65. The molecule has 0 radical (unpaired) electrons. The molecule has 2 nitrogen and oxygen atoms in total. The number of hydrogen-bond acceptors (Lipinski definition) is 2. The summed E-state index contributed by atoms with van der Waals surface area (Å²) in [6.07, 6.45) is 0. The van der Waals surface area contributed by atoms with Crippen LogP contribution in [0.1, 0.15) is 17.2 Å². The molecular weight excluding hydrogens is 319 g/mol. The first-order valence-corrected chi connectivity index (χ1v) is 6.88. The third kappa shape index (κ3) is 3.28. The standard InChI is InChI=1S/C15H13Cl2F2NO/c1-20-15(10-4-3-8(16)5-11(10)17)14-12(18)6-9(21-2)7-13(14)19/h3-7,15,20H,1-2H3. The molecule has 1 atom stereocenters. The monoisotopic (exact) mass is 331 g/mol. The number of hydrogen-bond donors (Lipinski definition) is 1. The summed E-state index contributed by atoms with van der Waals surface area (Å²) in [6.45, 7) is 0. The highest BCUT2D eigenvalue weighted by Gasteiger charge is 2.23. The fourth-order valence-electron chi connectivity index (χ4n) is 2.15. The van der Waals surface area contributed by atoms with E-state index in [0.717, 1.165) is 12.1 Å². The summed E-state index contributed by atoms with van der Waals surface area (Å²) < 4.78 is 33.3.